The first kappa shape index (κ1) is 15.6. The van der Waals surface area contributed by atoms with Gasteiger partial charge in [0, 0.05) is 15.7 Å². The van der Waals surface area contributed by atoms with Gasteiger partial charge >= 0.3 is 0 Å². The molecule has 1 aromatic rings. The predicted octanol–water partition coefficient (Wildman–Crippen LogP) is 5.68. The number of thiol groups is 1. The van der Waals surface area contributed by atoms with Crippen LogP contribution in [0.5, 0.6) is 0 Å². The van der Waals surface area contributed by atoms with E-state index in [4.69, 9.17) is 23.2 Å². The second kappa shape index (κ2) is 6.60. The molecule has 4 heteroatoms. The van der Waals surface area contributed by atoms with Gasteiger partial charge in [0.2, 0.25) is 0 Å². The minimum absolute atomic E-state index is 0.264. The zero-order valence-corrected chi connectivity index (χ0v) is 13.6. The molecule has 1 aromatic carbocycles. The molecular formula is C13H18Cl2S2. The lowest BCUT2D eigenvalue weighted by atomic mass is 9.83. The van der Waals surface area contributed by atoms with Crippen molar-refractivity contribution in [1.29, 1.82) is 0 Å². The van der Waals surface area contributed by atoms with Crippen molar-refractivity contribution in [2.24, 2.45) is 11.3 Å². The van der Waals surface area contributed by atoms with Crippen LogP contribution in [0.4, 0.5) is 0 Å². The molecule has 17 heavy (non-hydrogen) atoms. The molecule has 0 amide bonds. The number of benzene rings is 1. The zero-order valence-electron chi connectivity index (χ0n) is 10.3. The van der Waals surface area contributed by atoms with Crippen molar-refractivity contribution in [3.63, 3.8) is 0 Å². The van der Waals surface area contributed by atoms with E-state index in [-0.39, 0.29) is 5.41 Å². The van der Waals surface area contributed by atoms with E-state index < -0.39 is 0 Å². The third-order valence-electron chi connectivity index (χ3n) is 2.78. The van der Waals surface area contributed by atoms with Gasteiger partial charge in [0.05, 0.1) is 5.02 Å². The fraction of sp³-hybridized carbons (Fsp3) is 0.538. The molecule has 96 valence electrons. The zero-order chi connectivity index (χ0) is 13.1. The van der Waals surface area contributed by atoms with E-state index >= 15 is 0 Å². The molecular weight excluding hydrogens is 291 g/mol. The Morgan fingerprint density at radius 3 is 2.47 bits per heavy atom. The van der Waals surface area contributed by atoms with Gasteiger partial charge in [0.25, 0.3) is 0 Å². The Morgan fingerprint density at radius 1 is 1.29 bits per heavy atom. The van der Waals surface area contributed by atoms with E-state index in [9.17, 15) is 0 Å². The van der Waals surface area contributed by atoms with Crippen LogP contribution in [0, 0.1) is 11.3 Å². The van der Waals surface area contributed by atoms with Crippen molar-refractivity contribution in [3.05, 3.63) is 28.2 Å². The quantitative estimate of drug-likeness (QED) is 0.551. The molecule has 0 N–H and O–H groups in total. The van der Waals surface area contributed by atoms with E-state index in [2.05, 4.69) is 33.4 Å². The summed E-state index contributed by atoms with van der Waals surface area (Å²) in [5, 5.41) is 1.50. The van der Waals surface area contributed by atoms with Crippen LogP contribution in [0.2, 0.25) is 10.0 Å². The summed E-state index contributed by atoms with van der Waals surface area (Å²) in [6, 6.07) is 5.58. The molecule has 0 aromatic heterocycles. The van der Waals surface area contributed by atoms with Gasteiger partial charge in [-0.25, -0.2) is 0 Å². The fourth-order valence-electron chi connectivity index (χ4n) is 1.35. The van der Waals surface area contributed by atoms with Gasteiger partial charge in [-0.15, -0.1) is 11.8 Å². The Hall–Kier alpha value is 0.500. The van der Waals surface area contributed by atoms with Crippen LogP contribution < -0.4 is 0 Å². The summed E-state index contributed by atoms with van der Waals surface area (Å²) in [6.45, 7) is 6.73. The summed E-state index contributed by atoms with van der Waals surface area (Å²) in [7, 11) is 0. The monoisotopic (exact) mass is 308 g/mol. The SMILES string of the molecule is CC(C)(C)C(CS)CSc1cc(Cl)ccc1Cl. The highest BCUT2D eigenvalue weighted by molar-refractivity contribution is 7.99. The molecule has 1 unspecified atom stereocenters. The Labute approximate surface area is 124 Å². The summed E-state index contributed by atoms with van der Waals surface area (Å²) in [6.07, 6.45) is 0. The van der Waals surface area contributed by atoms with Crippen molar-refractivity contribution >= 4 is 47.6 Å². The number of thioether (sulfide) groups is 1. The Bertz CT molecular complexity index is 372. The highest BCUT2D eigenvalue weighted by Gasteiger charge is 2.23. The Kier molecular flexibility index (Phi) is 6.04. The molecule has 0 radical (unpaired) electrons. The summed E-state index contributed by atoms with van der Waals surface area (Å²) in [5.74, 6) is 2.44. The van der Waals surface area contributed by atoms with Crippen LogP contribution in [-0.2, 0) is 0 Å². The molecule has 1 rings (SSSR count). The summed E-state index contributed by atoms with van der Waals surface area (Å²) in [5.41, 5.74) is 0.264. The highest BCUT2D eigenvalue weighted by atomic mass is 35.5. The smallest absolute Gasteiger partial charge is 0.0542 e. The lowest BCUT2D eigenvalue weighted by molar-refractivity contribution is 0.294. The fourth-order valence-corrected chi connectivity index (χ4v) is 4.14. The van der Waals surface area contributed by atoms with Gasteiger partial charge in [-0.2, -0.15) is 12.6 Å². The second-order valence-electron chi connectivity index (χ2n) is 5.13. The molecule has 0 bridgehead atoms. The Morgan fingerprint density at radius 2 is 1.94 bits per heavy atom. The van der Waals surface area contributed by atoms with Crippen molar-refractivity contribution in [3.8, 4) is 0 Å². The van der Waals surface area contributed by atoms with Crippen LogP contribution in [-0.4, -0.2) is 11.5 Å². The van der Waals surface area contributed by atoms with Crippen LogP contribution in [0.3, 0.4) is 0 Å². The van der Waals surface area contributed by atoms with Gasteiger partial charge in [0.1, 0.15) is 0 Å². The number of hydrogen-bond acceptors (Lipinski definition) is 2. The summed E-state index contributed by atoms with van der Waals surface area (Å²) < 4.78 is 0. The maximum Gasteiger partial charge on any atom is 0.0542 e. The van der Waals surface area contributed by atoms with Crippen molar-refractivity contribution in [1.82, 2.24) is 0 Å². The van der Waals surface area contributed by atoms with E-state index in [0.717, 1.165) is 26.4 Å². The molecule has 0 fully saturated rings. The molecule has 0 saturated carbocycles. The van der Waals surface area contributed by atoms with Gasteiger partial charge < -0.3 is 0 Å². The van der Waals surface area contributed by atoms with Crippen molar-refractivity contribution in [2.45, 2.75) is 25.7 Å². The molecule has 0 nitrogen and oxygen atoms in total. The minimum Gasteiger partial charge on any atom is -0.179 e. The summed E-state index contributed by atoms with van der Waals surface area (Å²) in [4.78, 5) is 1.05. The van der Waals surface area contributed by atoms with Crippen LogP contribution in [0.25, 0.3) is 0 Å². The molecule has 0 heterocycles. The molecule has 0 saturated heterocycles. The van der Waals surface area contributed by atoms with E-state index in [1.807, 2.05) is 18.2 Å². The molecule has 0 spiro atoms. The number of halogens is 2. The first-order chi connectivity index (χ1) is 7.84. The molecule has 1 atom stereocenters. The number of rotatable bonds is 4. The standard InChI is InChI=1S/C13H18Cl2S2/c1-13(2,3)9(7-16)8-17-12-6-10(14)4-5-11(12)15/h4-6,9,16H,7-8H2,1-3H3. The van der Waals surface area contributed by atoms with E-state index in [1.54, 1.807) is 11.8 Å². The average molecular weight is 309 g/mol. The summed E-state index contributed by atoms with van der Waals surface area (Å²) >= 11 is 18.3. The van der Waals surface area contributed by atoms with Gasteiger partial charge in [0.15, 0.2) is 0 Å². The largest absolute Gasteiger partial charge is 0.179 e. The van der Waals surface area contributed by atoms with Crippen molar-refractivity contribution in [2.75, 3.05) is 11.5 Å². The predicted molar refractivity (Wildman–Crippen MR) is 84.0 cm³/mol. The first-order valence-corrected chi connectivity index (χ1v) is 7.90. The van der Waals surface area contributed by atoms with E-state index in [0.29, 0.717) is 5.92 Å². The lowest BCUT2D eigenvalue weighted by Gasteiger charge is -2.29. The third-order valence-corrected chi connectivity index (χ3v) is 5.11. The van der Waals surface area contributed by atoms with Crippen molar-refractivity contribution < 1.29 is 0 Å². The molecule has 0 aliphatic carbocycles. The topological polar surface area (TPSA) is 0 Å². The Balaban J connectivity index is 2.69. The van der Waals surface area contributed by atoms with Gasteiger partial charge in [-0.05, 0) is 35.3 Å². The average Bonchev–Trinajstić information content (AvgIpc) is 2.22. The lowest BCUT2D eigenvalue weighted by Crippen LogP contribution is -2.24. The molecule has 0 aliphatic heterocycles. The minimum atomic E-state index is 0.264. The first-order valence-electron chi connectivity index (χ1n) is 5.53. The van der Waals surface area contributed by atoms with Gasteiger partial charge in [-0.1, -0.05) is 44.0 Å². The highest BCUT2D eigenvalue weighted by Crippen LogP contribution is 2.35. The molecule has 0 aliphatic rings. The van der Waals surface area contributed by atoms with Crippen LogP contribution >= 0.6 is 47.6 Å². The van der Waals surface area contributed by atoms with Gasteiger partial charge in [-0.3, -0.25) is 0 Å². The normalized spacial score (nSPS) is 13.8. The third kappa shape index (κ3) is 4.94. The maximum absolute atomic E-state index is 6.14. The second-order valence-corrected chi connectivity index (χ2v) is 7.40. The van der Waals surface area contributed by atoms with E-state index in [1.165, 1.54) is 0 Å². The maximum atomic E-state index is 6.14. The van der Waals surface area contributed by atoms with Crippen LogP contribution in [0.15, 0.2) is 23.1 Å². The van der Waals surface area contributed by atoms with Crippen LogP contribution in [0.1, 0.15) is 20.8 Å². The number of hydrogen-bond donors (Lipinski definition) is 1.